The van der Waals surface area contributed by atoms with Crippen LogP contribution in [0, 0.1) is 5.92 Å². The summed E-state index contributed by atoms with van der Waals surface area (Å²) in [5.41, 5.74) is 0.783. The third kappa shape index (κ3) is 4.99. The molecule has 1 fully saturated rings. The van der Waals surface area contributed by atoms with Gasteiger partial charge in [0.2, 0.25) is 5.91 Å². The minimum Gasteiger partial charge on any atom is -0.496 e. The van der Waals surface area contributed by atoms with Crippen molar-refractivity contribution in [3.8, 4) is 5.75 Å². The quantitative estimate of drug-likeness (QED) is 0.702. The van der Waals surface area contributed by atoms with Gasteiger partial charge in [-0.15, -0.1) is 0 Å². The van der Waals surface area contributed by atoms with E-state index in [0.29, 0.717) is 18.7 Å². The normalized spacial score (nSPS) is 19.5. The van der Waals surface area contributed by atoms with Gasteiger partial charge in [0.05, 0.1) is 19.1 Å². The first kappa shape index (κ1) is 20.7. The molecule has 1 aliphatic rings. The Labute approximate surface area is 160 Å². The second-order valence-corrected chi connectivity index (χ2v) is 6.55. The molecule has 2 atom stereocenters. The van der Waals surface area contributed by atoms with E-state index in [1.165, 1.54) is 7.05 Å². The smallest absolute Gasteiger partial charge is 0.311 e. The van der Waals surface area contributed by atoms with Crippen LogP contribution in [-0.2, 0) is 19.1 Å². The third-order valence-electron chi connectivity index (χ3n) is 4.84. The van der Waals surface area contributed by atoms with Gasteiger partial charge in [-0.2, -0.15) is 0 Å². The molecule has 27 heavy (non-hydrogen) atoms. The molecule has 0 aromatic heterocycles. The minimum absolute atomic E-state index is 0.0229. The van der Waals surface area contributed by atoms with Crippen LogP contribution < -0.4 is 10.1 Å². The molecule has 1 aliphatic heterocycles. The van der Waals surface area contributed by atoms with Crippen molar-refractivity contribution in [3.05, 3.63) is 29.8 Å². The maximum Gasteiger partial charge on any atom is 0.311 e. The molecule has 0 spiro atoms. The molecule has 0 radical (unpaired) electrons. The highest BCUT2D eigenvalue weighted by atomic mass is 16.5. The Kier molecular flexibility index (Phi) is 7.64. The van der Waals surface area contributed by atoms with Gasteiger partial charge in [-0.1, -0.05) is 31.5 Å². The SMILES string of the molecule is CCCCN1C(=O)CC[C@@H](C(=O)OCC(=O)NC)[C@@H]1c1ccccc1OC. The number of unbranched alkanes of at least 4 members (excludes halogenated alkanes) is 1. The Morgan fingerprint density at radius 2 is 2.04 bits per heavy atom. The highest BCUT2D eigenvalue weighted by Gasteiger charge is 2.42. The molecule has 0 aliphatic carbocycles. The van der Waals surface area contributed by atoms with Gasteiger partial charge in [0.15, 0.2) is 6.61 Å². The molecule has 1 aromatic carbocycles. The van der Waals surface area contributed by atoms with E-state index in [1.54, 1.807) is 12.0 Å². The Bertz CT molecular complexity index is 676. The predicted molar refractivity (Wildman–Crippen MR) is 100 cm³/mol. The number of rotatable bonds is 8. The topological polar surface area (TPSA) is 84.9 Å². The van der Waals surface area contributed by atoms with Crippen LogP contribution in [-0.4, -0.2) is 50.0 Å². The molecular weight excluding hydrogens is 348 g/mol. The average molecular weight is 376 g/mol. The molecule has 2 amide bonds. The number of likely N-dealkylation sites (tertiary alicyclic amines) is 1. The number of piperidine rings is 1. The Balaban J connectivity index is 2.36. The van der Waals surface area contributed by atoms with Crippen LogP contribution in [0.2, 0.25) is 0 Å². The van der Waals surface area contributed by atoms with Crippen LogP contribution in [0.1, 0.15) is 44.2 Å². The zero-order chi connectivity index (χ0) is 19.8. The van der Waals surface area contributed by atoms with Crippen LogP contribution >= 0.6 is 0 Å². The van der Waals surface area contributed by atoms with Crippen LogP contribution in [0.25, 0.3) is 0 Å². The average Bonchev–Trinajstić information content (AvgIpc) is 2.70. The first-order chi connectivity index (χ1) is 13.0. The van der Waals surface area contributed by atoms with Crippen LogP contribution in [0.15, 0.2) is 24.3 Å². The van der Waals surface area contributed by atoms with Crippen LogP contribution in [0.5, 0.6) is 5.75 Å². The Hall–Kier alpha value is -2.57. The number of likely N-dealkylation sites (N-methyl/N-ethyl adjacent to an activating group) is 1. The number of amides is 2. The minimum atomic E-state index is -0.541. The second kappa shape index (κ2) is 9.94. The number of carbonyl (C=O) groups is 3. The number of para-hydroxylation sites is 1. The number of methoxy groups -OCH3 is 1. The van der Waals surface area contributed by atoms with E-state index >= 15 is 0 Å². The lowest BCUT2D eigenvalue weighted by molar-refractivity contribution is -0.159. The predicted octanol–water partition coefficient (Wildman–Crippen LogP) is 2.06. The largest absolute Gasteiger partial charge is 0.496 e. The third-order valence-corrected chi connectivity index (χ3v) is 4.84. The molecule has 0 saturated carbocycles. The number of hydrogen-bond acceptors (Lipinski definition) is 5. The molecule has 1 aromatic rings. The van der Waals surface area contributed by atoms with Crippen LogP contribution in [0.4, 0.5) is 0 Å². The number of benzene rings is 1. The Morgan fingerprint density at radius 3 is 2.70 bits per heavy atom. The number of nitrogens with one attached hydrogen (secondary N) is 1. The fourth-order valence-corrected chi connectivity index (χ4v) is 3.40. The number of carbonyl (C=O) groups excluding carboxylic acids is 3. The van der Waals surface area contributed by atoms with E-state index in [1.807, 2.05) is 24.3 Å². The van der Waals surface area contributed by atoms with Gasteiger partial charge in [0.1, 0.15) is 5.75 Å². The van der Waals surface area contributed by atoms with Gasteiger partial charge in [-0.3, -0.25) is 14.4 Å². The summed E-state index contributed by atoms with van der Waals surface area (Å²) in [5.74, 6) is -0.728. The van der Waals surface area contributed by atoms with Crippen molar-refractivity contribution in [2.45, 2.75) is 38.6 Å². The number of nitrogens with zero attached hydrogens (tertiary/aromatic N) is 1. The van der Waals surface area contributed by atoms with Crippen LogP contribution in [0.3, 0.4) is 0 Å². The van der Waals surface area contributed by atoms with E-state index in [9.17, 15) is 14.4 Å². The van der Waals surface area contributed by atoms with E-state index in [-0.39, 0.29) is 24.8 Å². The highest BCUT2D eigenvalue weighted by Crippen LogP contribution is 2.41. The summed E-state index contributed by atoms with van der Waals surface area (Å²) in [6, 6.07) is 6.94. The van der Waals surface area contributed by atoms with Gasteiger partial charge in [0, 0.05) is 25.6 Å². The van der Waals surface area contributed by atoms with Crippen molar-refractivity contribution < 1.29 is 23.9 Å². The van der Waals surface area contributed by atoms with Gasteiger partial charge in [0.25, 0.3) is 5.91 Å². The molecule has 1 N–H and O–H groups in total. The van der Waals surface area contributed by atoms with E-state index in [0.717, 1.165) is 18.4 Å². The molecular formula is C20H28N2O5. The number of hydrogen-bond donors (Lipinski definition) is 1. The molecule has 7 nitrogen and oxygen atoms in total. The van der Waals surface area contributed by atoms with Crippen molar-refractivity contribution >= 4 is 17.8 Å². The lowest BCUT2D eigenvalue weighted by Crippen LogP contribution is -2.46. The van der Waals surface area contributed by atoms with Crippen molar-refractivity contribution in [1.82, 2.24) is 10.2 Å². The standard InChI is InChI=1S/C20H28N2O5/c1-4-5-12-22-18(24)11-10-15(20(25)27-13-17(23)21-2)19(22)14-8-6-7-9-16(14)26-3/h6-9,15,19H,4-5,10-13H2,1-3H3,(H,21,23)/t15-,19+/m1/s1. The van der Waals surface area contributed by atoms with Gasteiger partial charge in [-0.25, -0.2) is 0 Å². The van der Waals surface area contributed by atoms with E-state index in [4.69, 9.17) is 9.47 Å². The molecule has 0 unspecified atom stereocenters. The first-order valence-electron chi connectivity index (χ1n) is 9.33. The summed E-state index contributed by atoms with van der Waals surface area (Å²) >= 11 is 0. The summed E-state index contributed by atoms with van der Waals surface area (Å²) in [7, 11) is 3.05. The summed E-state index contributed by atoms with van der Waals surface area (Å²) in [4.78, 5) is 38.6. The molecule has 148 valence electrons. The fraction of sp³-hybridized carbons (Fsp3) is 0.550. The first-order valence-corrected chi connectivity index (χ1v) is 9.33. The summed E-state index contributed by atoms with van der Waals surface area (Å²) < 4.78 is 10.7. The van der Waals surface area contributed by atoms with Crippen molar-refractivity contribution in [2.75, 3.05) is 27.3 Å². The maximum atomic E-state index is 12.7. The molecule has 0 bridgehead atoms. The lowest BCUT2D eigenvalue weighted by atomic mass is 9.83. The van der Waals surface area contributed by atoms with E-state index < -0.39 is 17.9 Å². The van der Waals surface area contributed by atoms with Crippen molar-refractivity contribution in [1.29, 1.82) is 0 Å². The summed E-state index contributed by atoms with van der Waals surface area (Å²) in [6.07, 6.45) is 2.46. The van der Waals surface area contributed by atoms with Crippen molar-refractivity contribution in [2.24, 2.45) is 5.92 Å². The molecule has 2 rings (SSSR count). The monoisotopic (exact) mass is 376 g/mol. The second-order valence-electron chi connectivity index (χ2n) is 6.55. The summed E-state index contributed by atoms with van der Waals surface area (Å²) in [5, 5.41) is 2.43. The molecule has 7 heteroatoms. The highest BCUT2D eigenvalue weighted by molar-refractivity contribution is 5.84. The molecule has 1 saturated heterocycles. The summed E-state index contributed by atoms with van der Waals surface area (Å²) in [6.45, 7) is 2.30. The van der Waals surface area contributed by atoms with Gasteiger partial charge in [-0.05, 0) is 18.9 Å². The Morgan fingerprint density at radius 1 is 1.30 bits per heavy atom. The van der Waals surface area contributed by atoms with Gasteiger partial charge >= 0.3 is 5.97 Å². The van der Waals surface area contributed by atoms with E-state index in [2.05, 4.69) is 12.2 Å². The zero-order valence-electron chi connectivity index (χ0n) is 16.2. The van der Waals surface area contributed by atoms with Gasteiger partial charge < -0.3 is 19.7 Å². The number of esters is 1. The molecule has 1 heterocycles. The fourth-order valence-electron chi connectivity index (χ4n) is 3.40. The lowest BCUT2D eigenvalue weighted by Gasteiger charge is -2.40. The number of ether oxygens (including phenoxy) is 2. The zero-order valence-corrected chi connectivity index (χ0v) is 16.2. The maximum absolute atomic E-state index is 12.7. The van der Waals surface area contributed by atoms with Crippen molar-refractivity contribution in [3.63, 3.8) is 0 Å².